The Kier molecular flexibility index (Phi) is 14.6. The molecule has 33 heavy (non-hydrogen) atoms. The quantitative estimate of drug-likeness (QED) is 0.286. The highest BCUT2D eigenvalue weighted by Gasteiger charge is 2.37. The average Bonchev–Trinajstić information content (AvgIpc) is 2.80. The Hall–Kier alpha value is -0.690. The Morgan fingerprint density at radius 1 is 0.879 bits per heavy atom. The zero-order valence-electron chi connectivity index (χ0n) is 21.6. The molecule has 0 radical (unpaired) electrons. The van der Waals surface area contributed by atoms with E-state index in [1.807, 2.05) is 13.8 Å². The highest BCUT2D eigenvalue weighted by molar-refractivity contribution is 5.69. The second-order valence-corrected chi connectivity index (χ2v) is 10.1. The minimum Gasteiger partial charge on any atom is -0.460 e. The first-order valence-corrected chi connectivity index (χ1v) is 13.6. The lowest BCUT2D eigenvalue weighted by Crippen LogP contribution is -2.46. The van der Waals surface area contributed by atoms with Crippen LogP contribution in [-0.4, -0.2) is 64.4 Å². The number of carbonyl (C=O) groups is 1. The minimum atomic E-state index is -0.198. The van der Waals surface area contributed by atoms with E-state index in [-0.39, 0.29) is 23.6 Å². The van der Waals surface area contributed by atoms with Crippen LogP contribution in [0.25, 0.3) is 0 Å². The van der Waals surface area contributed by atoms with Crippen molar-refractivity contribution in [3.05, 3.63) is 0 Å². The molecule has 1 saturated carbocycles. The van der Waals surface area contributed by atoms with Crippen LogP contribution in [0.3, 0.4) is 0 Å². The summed E-state index contributed by atoms with van der Waals surface area (Å²) in [6, 6.07) is 0. The van der Waals surface area contributed by atoms with Gasteiger partial charge in [0.25, 0.3) is 0 Å². The molecule has 1 saturated heterocycles. The average molecular weight is 471 g/mol. The van der Waals surface area contributed by atoms with Crippen LogP contribution in [0.1, 0.15) is 97.8 Å². The summed E-state index contributed by atoms with van der Waals surface area (Å²) in [7, 11) is 0. The maximum Gasteiger partial charge on any atom is 0.305 e. The van der Waals surface area contributed by atoms with Crippen LogP contribution in [0.2, 0.25) is 0 Å². The van der Waals surface area contributed by atoms with E-state index in [9.17, 15) is 4.79 Å². The van der Waals surface area contributed by atoms with Crippen molar-refractivity contribution in [1.29, 1.82) is 0 Å². The molecular weight excluding hydrogens is 420 g/mol. The first-order valence-electron chi connectivity index (χ1n) is 13.6. The molecule has 1 heterocycles. The third kappa shape index (κ3) is 11.5. The first kappa shape index (κ1) is 28.5. The molecule has 2 unspecified atom stereocenters. The third-order valence-corrected chi connectivity index (χ3v) is 7.21. The van der Waals surface area contributed by atoms with Crippen LogP contribution in [-0.2, 0) is 28.5 Å². The maximum absolute atomic E-state index is 12.1. The molecule has 2 fully saturated rings. The van der Waals surface area contributed by atoms with Crippen molar-refractivity contribution < 1.29 is 28.5 Å². The van der Waals surface area contributed by atoms with Gasteiger partial charge in [0.15, 0.2) is 0 Å². The number of carbonyl (C=O) groups excluding carboxylic acids is 1. The van der Waals surface area contributed by atoms with Crippen molar-refractivity contribution in [2.75, 3.05) is 46.2 Å². The molecule has 0 aromatic carbocycles. The molecule has 2 atom stereocenters. The number of ether oxygens (including phenoxy) is 5. The lowest BCUT2D eigenvalue weighted by atomic mass is 9.84. The fourth-order valence-electron chi connectivity index (χ4n) is 4.75. The number of rotatable bonds is 15. The van der Waals surface area contributed by atoms with E-state index in [2.05, 4.69) is 6.92 Å². The summed E-state index contributed by atoms with van der Waals surface area (Å²) in [5.41, 5.74) is 0.158. The fraction of sp³-hybridized carbons (Fsp3) is 0.963. The summed E-state index contributed by atoms with van der Waals surface area (Å²) in [6.45, 7) is 10.3. The highest BCUT2D eigenvalue weighted by Crippen LogP contribution is 2.31. The van der Waals surface area contributed by atoms with Crippen LogP contribution < -0.4 is 0 Å². The molecule has 0 aromatic heterocycles. The predicted octanol–water partition coefficient (Wildman–Crippen LogP) is 5.70. The second-order valence-electron chi connectivity index (χ2n) is 10.1. The molecule has 2 rings (SSSR count). The van der Waals surface area contributed by atoms with Gasteiger partial charge in [0.2, 0.25) is 0 Å². The SMILES string of the molecule is CCOCC(COCC1(CC)COC1)OCC(CC1CCCCCCCCC1)OC(=O)CC. The van der Waals surface area contributed by atoms with Gasteiger partial charge in [0, 0.05) is 18.4 Å². The van der Waals surface area contributed by atoms with Crippen molar-refractivity contribution in [3.8, 4) is 0 Å². The van der Waals surface area contributed by atoms with Crippen molar-refractivity contribution in [2.24, 2.45) is 11.3 Å². The fourth-order valence-corrected chi connectivity index (χ4v) is 4.75. The van der Waals surface area contributed by atoms with Gasteiger partial charge in [-0.05, 0) is 25.7 Å². The summed E-state index contributed by atoms with van der Waals surface area (Å²) in [4.78, 5) is 12.1. The van der Waals surface area contributed by atoms with E-state index in [0.29, 0.717) is 45.4 Å². The molecule has 0 bridgehead atoms. The van der Waals surface area contributed by atoms with E-state index in [1.54, 1.807) is 0 Å². The zero-order chi connectivity index (χ0) is 23.8. The van der Waals surface area contributed by atoms with Gasteiger partial charge in [-0.15, -0.1) is 0 Å². The van der Waals surface area contributed by atoms with Gasteiger partial charge in [0.1, 0.15) is 12.2 Å². The molecule has 2 aliphatic rings. The molecule has 0 amide bonds. The van der Waals surface area contributed by atoms with Gasteiger partial charge in [-0.25, -0.2) is 0 Å². The van der Waals surface area contributed by atoms with E-state index in [4.69, 9.17) is 23.7 Å². The van der Waals surface area contributed by atoms with Crippen LogP contribution >= 0.6 is 0 Å². The van der Waals surface area contributed by atoms with Gasteiger partial charge in [-0.1, -0.05) is 71.6 Å². The van der Waals surface area contributed by atoms with Crippen molar-refractivity contribution >= 4 is 5.97 Å². The monoisotopic (exact) mass is 470 g/mol. The standard InChI is InChI=1S/C27H50O6/c1-4-26(28)33-24(16-23-14-12-10-8-7-9-11-13-15-23)19-32-25(17-29-6-3)18-30-20-27(5-2)21-31-22-27/h23-25H,4-22H2,1-3H3. The van der Waals surface area contributed by atoms with E-state index in [0.717, 1.165) is 26.1 Å². The summed E-state index contributed by atoms with van der Waals surface area (Å²) < 4.78 is 29.1. The van der Waals surface area contributed by atoms with Gasteiger partial charge in [-0.2, -0.15) is 0 Å². The Balaban J connectivity index is 1.86. The Bertz CT molecular complexity index is 491. The topological polar surface area (TPSA) is 63.2 Å². The van der Waals surface area contributed by atoms with Gasteiger partial charge in [0.05, 0.1) is 39.6 Å². The normalized spacial score (nSPS) is 21.7. The molecular formula is C27H50O6. The molecule has 1 aliphatic heterocycles. The summed E-state index contributed by atoms with van der Waals surface area (Å²) in [6.07, 6.45) is 13.7. The summed E-state index contributed by atoms with van der Waals surface area (Å²) in [5.74, 6) is 0.460. The van der Waals surface area contributed by atoms with Crippen LogP contribution in [0.5, 0.6) is 0 Å². The van der Waals surface area contributed by atoms with Gasteiger partial charge in [-0.3, -0.25) is 4.79 Å². The maximum atomic E-state index is 12.1. The zero-order valence-corrected chi connectivity index (χ0v) is 21.6. The number of hydrogen-bond donors (Lipinski definition) is 0. The lowest BCUT2D eigenvalue weighted by molar-refractivity contribution is -0.167. The van der Waals surface area contributed by atoms with Crippen molar-refractivity contribution in [1.82, 2.24) is 0 Å². The highest BCUT2D eigenvalue weighted by atomic mass is 16.6. The van der Waals surface area contributed by atoms with Gasteiger partial charge >= 0.3 is 5.97 Å². The molecule has 6 heteroatoms. The van der Waals surface area contributed by atoms with Crippen molar-refractivity contribution in [2.45, 2.75) is 110 Å². The Morgan fingerprint density at radius 3 is 2.06 bits per heavy atom. The molecule has 1 aliphatic carbocycles. The predicted molar refractivity (Wildman–Crippen MR) is 130 cm³/mol. The molecule has 0 aromatic rings. The Labute approximate surface area is 202 Å². The van der Waals surface area contributed by atoms with E-state index in [1.165, 1.54) is 57.8 Å². The first-order chi connectivity index (χ1) is 16.1. The molecule has 6 nitrogen and oxygen atoms in total. The Morgan fingerprint density at radius 2 is 1.52 bits per heavy atom. The van der Waals surface area contributed by atoms with Crippen LogP contribution in [0.4, 0.5) is 0 Å². The third-order valence-electron chi connectivity index (χ3n) is 7.21. The van der Waals surface area contributed by atoms with Crippen LogP contribution in [0, 0.1) is 11.3 Å². The summed E-state index contributed by atoms with van der Waals surface area (Å²) in [5, 5.41) is 0. The van der Waals surface area contributed by atoms with E-state index < -0.39 is 0 Å². The second kappa shape index (κ2) is 16.9. The number of esters is 1. The van der Waals surface area contributed by atoms with Crippen LogP contribution in [0.15, 0.2) is 0 Å². The summed E-state index contributed by atoms with van der Waals surface area (Å²) >= 11 is 0. The smallest absolute Gasteiger partial charge is 0.305 e. The molecule has 0 spiro atoms. The lowest BCUT2D eigenvalue weighted by Gasteiger charge is -2.40. The van der Waals surface area contributed by atoms with Crippen molar-refractivity contribution in [3.63, 3.8) is 0 Å². The molecule has 194 valence electrons. The van der Waals surface area contributed by atoms with E-state index >= 15 is 0 Å². The number of hydrogen-bond acceptors (Lipinski definition) is 6. The minimum absolute atomic E-state index is 0.143. The molecule has 0 N–H and O–H groups in total. The largest absolute Gasteiger partial charge is 0.460 e. The van der Waals surface area contributed by atoms with Gasteiger partial charge < -0.3 is 23.7 Å².